The number of hydrogen-bond acceptors (Lipinski definition) is 7. The number of aromatic nitrogens is 1. The van der Waals surface area contributed by atoms with E-state index in [0.717, 1.165) is 29.4 Å². The van der Waals surface area contributed by atoms with E-state index >= 15 is 0 Å². The van der Waals surface area contributed by atoms with Crippen LogP contribution in [0.1, 0.15) is 10.5 Å². The Hall–Kier alpha value is -3.56. The van der Waals surface area contributed by atoms with Gasteiger partial charge in [-0.3, -0.25) is 14.6 Å². The number of anilines is 2. The zero-order valence-corrected chi connectivity index (χ0v) is 20.2. The molecule has 0 bridgehead atoms. The van der Waals surface area contributed by atoms with Crippen molar-refractivity contribution in [3.05, 3.63) is 72.6 Å². The lowest BCUT2D eigenvalue weighted by atomic mass is 10.2. The van der Waals surface area contributed by atoms with Crippen LogP contribution in [0.25, 0.3) is 0 Å². The Balaban J connectivity index is 1.29. The third kappa shape index (κ3) is 5.26. The van der Waals surface area contributed by atoms with Gasteiger partial charge in [0.05, 0.1) is 18.9 Å². The molecule has 1 fully saturated rings. The number of ether oxygens (including phenoxy) is 2. The fraction of sp³-hybridized carbons (Fsp3) is 0.269. The molecule has 0 aliphatic carbocycles. The number of benzene rings is 2. The molecule has 5 rings (SSSR count). The van der Waals surface area contributed by atoms with Gasteiger partial charge in [0.2, 0.25) is 5.91 Å². The van der Waals surface area contributed by atoms with Crippen molar-refractivity contribution in [2.24, 2.45) is 0 Å². The summed E-state index contributed by atoms with van der Waals surface area (Å²) in [6.45, 7) is 3.03. The minimum atomic E-state index is -0.683. The van der Waals surface area contributed by atoms with E-state index in [0.29, 0.717) is 30.5 Å². The predicted molar refractivity (Wildman–Crippen MR) is 136 cm³/mol. The molecule has 0 spiro atoms. The summed E-state index contributed by atoms with van der Waals surface area (Å²) >= 11 is 1.56. The molecule has 35 heavy (non-hydrogen) atoms. The average molecular weight is 491 g/mol. The first-order valence-electron chi connectivity index (χ1n) is 11.5. The van der Waals surface area contributed by atoms with E-state index < -0.39 is 11.9 Å². The highest BCUT2D eigenvalue weighted by Crippen LogP contribution is 2.37. The Bertz CT molecular complexity index is 1220. The molecule has 3 heterocycles. The standard InChI is InChI=1S/C26H26N4O4S/c1-29-23-15-18(30-11-13-33-14-12-30)7-8-24(23)35-17-22(26(29)32)28-25(31)21-16-20(9-10-27-21)34-19-5-3-2-4-6-19/h2-10,15-16,22H,11-14,17H2,1H3,(H,28,31)/t22-/m0/s1. The van der Waals surface area contributed by atoms with E-state index in [1.54, 1.807) is 35.8 Å². The van der Waals surface area contributed by atoms with Gasteiger partial charge in [0.1, 0.15) is 23.2 Å². The van der Waals surface area contributed by atoms with Crippen molar-refractivity contribution in [3.8, 4) is 11.5 Å². The Labute approximate surface area is 208 Å². The van der Waals surface area contributed by atoms with E-state index in [4.69, 9.17) is 9.47 Å². The molecule has 9 heteroatoms. The predicted octanol–water partition coefficient (Wildman–Crippen LogP) is 3.58. The summed E-state index contributed by atoms with van der Waals surface area (Å²) in [5.74, 6) is 1.00. The summed E-state index contributed by atoms with van der Waals surface area (Å²) in [5.41, 5.74) is 2.10. The van der Waals surface area contributed by atoms with Crippen molar-refractivity contribution < 1.29 is 19.1 Å². The smallest absolute Gasteiger partial charge is 0.270 e. The van der Waals surface area contributed by atoms with Crippen LogP contribution in [0.5, 0.6) is 11.5 Å². The van der Waals surface area contributed by atoms with Gasteiger partial charge in [-0.2, -0.15) is 0 Å². The maximum Gasteiger partial charge on any atom is 0.270 e. The van der Waals surface area contributed by atoms with E-state index in [-0.39, 0.29) is 11.6 Å². The van der Waals surface area contributed by atoms with Crippen LogP contribution in [0.2, 0.25) is 0 Å². The zero-order valence-electron chi connectivity index (χ0n) is 19.3. The molecule has 1 atom stereocenters. The third-order valence-electron chi connectivity index (χ3n) is 5.96. The molecule has 3 aromatic rings. The topological polar surface area (TPSA) is 84.0 Å². The van der Waals surface area contributed by atoms with E-state index in [9.17, 15) is 9.59 Å². The van der Waals surface area contributed by atoms with Gasteiger partial charge in [-0.1, -0.05) is 18.2 Å². The maximum atomic E-state index is 13.3. The number of hydrogen-bond donors (Lipinski definition) is 1. The monoisotopic (exact) mass is 490 g/mol. The summed E-state index contributed by atoms with van der Waals surface area (Å²) in [6.07, 6.45) is 1.52. The van der Waals surface area contributed by atoms with Gasteiger partial charge < -0.3 is 24.6 Å². The van der Waals surface area contributed by atoms with Crippen LogP contribution in [0, 0.1) is 0 Å². The number of fused-ring (bicyclic) bond motifs is 1. The minimum Gasteiger partial charge on any atom is -0.457 e. The first-order chi connectivity index (χ1) is 17.1. The van der Waals surface area contributed by atoms with Crippen LogP contribution < -0.4 is 19.9 Å². The fourth-order valence-electron chi connectivity index (χ4n) is 4.06. The summed E-state index contributed by atoms with van der Waals surface area (Å²) < 4.78 is 11.3. The second-order valence-corrected chi connectivity index (χ2v) is 9.34. The quantitative estimate of drug-likeness (QED) is 0.585. The number of carbonyl (C=O) groups excluding carboxylic acids is 2. The summed E-state index contributed by atoms with van der Waals surface area (Å²) in [6, 6.07) is 18.1. The van der Waals surface area contributed by atoms with Crippen LogP contribution in [0.4, 0.5) is 11.4 Å². The highest BCUT2D eigenvalue weighted by atomic mass is 32.2. The van der Waals surface area contributed by atoms with Crippen LogP contribution >= 0.6 is 11.8 Å². The first-order valence-corrected chi connectivity index (χ1v) is 12.4. The molecule has 2 aromatic carbocycles. The Morgan fingerprint density at radius 2 is 1.89 bits per heavy atom. The molecular formula is C26H26N4O4S. The lowest BCUT2D eigenvalue weighted by Crippen LogP contribution is -2.48. The van der Waals surface area contributed by atoms with Crippen LogP contribution in [-0.4, -0.2) is 61.9 Å². The van der Waals surface area contributed by atoms with Crippen molar-refractivity contribution in [2.75, 3.05) is 48.9 Å². The lowest BCUT2D eigenvalue weighted by molar-refractivity contribution is -0.119. The minimum absolute atomic E-state index is 0.166. The molecule has 0 radical (unpaired) electrons. The summed E-state index contributed by atoms with van der Waals surface area (Å²) in [4.78, 5) is 35.3. The third-order valence-corrected chi connectivity index (χ3v) is 7.12. The molecule has 1 N–H and O–H groups in total. The van der Waals surface area contributed by atoms with E-state index in [1.807, 2.05) is 42.5 Å². The Kier molecular flexibility index (Phi) is 6.87. The van der Waals surface area contributed by atoms with Crippen LogP contribution in [-0.2, 0) is 9.53 Å². The largest absolute Gasteiger partial charge is 0.457 e. The number of nitrogens with zero attached hydrogens (tertiary/aromatic N) is 3. The second kappa shape index (κ2) is 10.4. The number of likely N-dealkylation sites (N-methyl/N-ethyl adjacent to an activating group) is 1. The number of carbonyl (C=O) groups is 2. The van der Waals surface area contributed by atoms with Crippen molar-refractivity contribution in [2.45, 2.75) is 10.9 Å². The first kappa shape index (κ1) is 23.2. The number of rotatable bonds is 5. The molecule has 2 amide bonds. The molecule has 0 unspecified atom stereocenters. The molecule has 0 saturated carbocycles. The van der Waals surface area contributed by atoms with Crippen molar-refractivity contribution in [1.29, 1.82) is 0 Å². The SMILES string of the molecule is CN1C(=O)[C@@H](NC(=O)c2cc(Oc3ccccc3)ccn2)CSc2ccc(N3CCOCC3)cc21. The maximum absolute atomic E-state index is 13.3. The molecule has 1 saturated heterocycles. The fourth-order valence-corrected chi connectivity index (χ4v) is 5.14. The van der Waals surface area contributed by atoms with Gasteiger partial charge in [0.25, 0.3) is 5.91 Å². The molecular weight excluding hydrogens is 464 g/mol. The van der Waals surface area contributed by atoms with Crippen molar-refractivity contribution >= 4 is 35.0 Å². The number of morpholine rings is 1. The lowest BCUT2D eigenvalue weighted by Gasteiger charge is -2.30. The second-order valence-electron chi connectivity index (χ2n) is 8.28. The number of pyridine rings is 1. The van der Waals surface area contributed by atoms with E-state index in [2.05, 4.69) is 21.3 Å². The van der Waals surface area contributed by atoms with Gasteiger partial charge in [0, 0.05) is 48.7 Å². The number of thioether (sulfide) groups is 1. The molecule has 8 nitrogen and oxygen atoms in total. The van der Waals surface area contributed by atoms with Gasteiger partial charge in [-0.15, -0.1) is 11.8 Å². The Morgan fingerprint density at radius 1 is 1.09 bits per heavy atom. The van der Waals surface area contributed by atoms with Gasteiger partial charge in [-0.05, 0) is 36.4 Å². The van der Waals surface area contributed by atoms with Crippen LogP contribution in [0.15, 0.2) is 71.8 Å². The van der Waals surface area contributed by atoms with Gasteiger partial charge >= 0.3 is 0 Å². The van der Waals surface area contributed by atoms with Gasteiger partial charge in [-0.25, -0.2) is 0 Å². The summed E-state index contributed by atoms with van der Waals surface area (Å²) in [7, 11) is 1.75. The van der Waals surface area contributed by atoms with Crippen molar-refractivity contribution in [3.63, 3.8) is 0 Å². The highest BCUT2D eigenvalue weighted by Gasteiger charge is 2.31. The number of para-hydroxylation sites is 1. The molecule has 2 aliphatic rings. The number of nitrogens with one attached hydrogen (secondary N) is 1. The number of amides is 2. The average Bonchev–Trinajstić information content (AvgIpc) is 3.02. The van der Waals surface area contributed by atoms with Crippen molar-refractivity contribution in [1.82, 2.24) is 10.3 Å². The summed E-state index contributed by atoms with van der Waals surface area (Å²) in [5, 5.41) is 2.86. The normalized spacial score (nSPS) is 18.0. The molecule has 180 valence electrons. The Morgan fingerprint density at radius 3 is 2.69 bits per heavy atom. The molecule has 1 aromatic heterocycles. The highest BCUT2D eigenvalue weighted by molar-refractivity contribution is 7.99. The molecule has 2 aliphatic heterocycles. The zero-order chi connectivity index (χ0) is 24.2. The van der Waals surface area contributed by atoms with Crippen LogP contribution in [0.3, 0.4) is 0 Å². The van der Waals surface area contributed by atoms with Gasteiger partial charge in [0.15, 0.2) is 0 Å². The van der Waals surface area contributed by atoms with E-state index in [1.165, 1.54) is 6.20 Å².